The predicted octanol–water partition coefficient (Wildman–Crippen LogP) is 3.72. The molecule has 1 aromatic rings. The molecule has 0 aliphatic rings. The number of hydrogen-bond acceptors (Lipinski definition) is 2. The van der Waals surface area contributed by atoms with Crippen molar-refractivity contribution in [2.24, 2.45) is 11.1 Å². The first-order chi connectivity index (χ1) is 8.74. The van der Waals surface area contributed by atoms with Gasteiger partial charge in [-0.1, -0.05) is 26.0 Å². The molecule has 3 N–H and O–H groups in total. The summed E-state index contributed by atoms with van der Waals surface area (Å²) in [6.45, 7) is 4.65. The molecule has 19 heavy (non-hydrogen) atoms. The zero-order valence-corrected chi connectivity index (χ0v) is 13.6. The maximum Gasteiger partial charge on any atom is 0.115 e. The molecule has 0 fully saturated rings. The zero-order chi connectivity index (χ0) is 14.5. The van der Waals surface area contributed by atoms with Crippen molar-refractivity contribution >= 4 is 10.0 Å². The second-order valence-electron chi connectivity index (χ2n) is 6.75. The fourth-order valence-corrected chi connectivity index (χ4v) is 3.37. The molecular formula is C16H29NOS. The van der Waals surface area contributed by atoms with Gasteiger partial charge in [0.1, 0.15) is 5.75 Å². The fraction of sp³-hybridized carbons (Fsp3) is 0.625. The number of benzene rings is 1. The van der Waals surface area contributed by atoms with Gasteiger partial charge in [-0.05, 0) is 60.6 Å². The van der Waals surface area contributed by atoms with Crippen molar-refractivity contribution in [2.45, 2.75) is 33.1 Å². The number of phenolic OH excluding ortho intramolecular Hbond substituents is 1. The maximum absolute atomic E-state index is 9.30. The van der Waals surface area contributed by atoms with E-state index in [1.807, 2.05) is 12.1 Å². The summed E-state index contributed by atoms with van der Waals surface area (Å²) in [5.41, 5.74) is 7.41. The molecule has 0 atom stereocenters. The Bertz CT molecular complexity index is 384. The lowest BCUT2D eigenvalue weighted by Crippen LogP contribution is -2.18. The predicted molar refractivity (Wildman–Crippen MR) is 88.2 cm³/mol. The van der Waals surface area contributed by atoms with Gasteiger partial charge in [0.15, 0.2) is 0 Å². The minimum absolute atomic E-state index is 0.307. The topological polar surface area (TPSA) is 46.2 Å². The molecule has 0 saturated carbocycles. The van der Waals surface area contributed by atoms with Gasteiger partial charge in [0.05, 0.1) is 0 Å². The van der Waals surface area contributed by atoms with Gasteiger partial charge in [0.2, 0.25) is 0 Å². The minimum atomic E-state index is -0.576. The summed E-state index contributed by atoms with van der Waals surface area (Å²) in [5.74, 6) is 2.45. The third-order valence-corrected chi connectivity index (χ3v) is 5.92. The Hall–Kier alpha value is -0.670. The Labute approximate surface area is 119 Å². The van der Waals surface area contributed by atoms with Gasteiger partial charge in [-0.2, -0.15) is 0 Å². The number of aromatic hydroxyl groups is 1. The molecule has 0 amide bonds. The Morgan fingerprint density at radius 3 is 2.26 bits per heavy atom. The summed E-state index contributed by atoms with van der Waals surface area (Å²) >= 11 is 0. The van der Waals surface area contributed by atoms with E-state index in [0.29, 0.717) is 11.2 Å². The van der Waals surface area contributed by atoms with Gasteiger partial charge in [-0.25, -0.2) is 10.0 Å². The van der Waals surface area contributed by atoms with Gasteiger partial charge in [0.25, 0.3) is 0 Å². The number of hydrogen-bond donors (Lipinski definition) is 2. The van der Waals surface area contributed by atoms with Crippen LogP contribution in [0.1, 0.15) is 32.3 Å². The van der Waals surface area contributed by atoms with Crippen LogP contribution in [0.3, 0.4) is 0 Å². The van der Waals surface area contributed by atoms with Crippen LogP contribution in [-0.4, -0.2) is 29.2 Å². The van der Waals surface area contributed by atoms with E-state index in [4.69, 9.17) is 5.73 Å². The molecular weight excluding hydrogens is 254 g/mol. The minimum Gasteiger partial charge on any atom is -0.508 e. The molecule has 1 rings (SSSR count). The highest BCUT2D eigenvalue weighted by Crippen LogP contribution is 2.40. The van der Waals surface area contributed by atoms with E-state index in [9.17, 15) is 5.11 Å². The molecule has 110 valence electrons. The molecule has 0 aromatic heterocycles. The van der Waals surface area contributed by atoms with Crippen LogP contribution in [0.5, 0.6) is 5.75 Å². The molecule has 0 spiro atoms. The van der Waals surface area contributed by atoms with Crippen LogP contribution in [-0.2, 0) is 6.42 Å². The van der Waals surface area contributed by atoms with Gasteiger partial charge in [0, 0.05) is 5.88 Å². The third kappa shape index (κ3) is 6.35. The first-order valence-corrected chi connectivity index (χ1v) is 9.70. The number of nitrogens with two attached hydrogens (primary N) is 1. The second kappa shape index (κ2) is 6.67. The lowest BCUT2D eigenvalue weighted by molar-refractivity contribution is 0.330. The van der Waals surface area contributed by atoms with Gasteiger partial charge in [-0.3, -0.25) is 0 Å². The van der Waals surface area contributed by atoms with E-state index in [1.54, 1.807) is 12.1 Å². The van der Waals surface area contributed by atoms with Crippen LogP contribution in [0.25, 0.3) is 0 Å². The Balaban J connectivity index is 2.45. The quantitative estimate of drug-likeness (QED) is 0.801. The smallest absolute Gasteiger partial charge is 0.115 e. The molecule has 3 heteroatoms. The van der Waals surface area contributed by atoms with Crippen LogP contribution >= 0.6 is 10.0 Å². The monoisotopic (exact) mass is 283 g/mol. The number of phenols is 1. The summed E-state index contributed by atoms with van der Waals surface area (Å²) in [5, 5.41) is 9.30. The SMILES string of the molecule is CC(C)(CCCS(C)(C)CN)Cc1ccc(O)cc1. The molecule has 0 heterocycles. The molecule has 0 aliphatic carbocycles. The highest BCUT2D eigenvalue weighted by Gasteiger charge is 2.19. The molecule has 0 bridgehead atoms. The Kier molecular flexibility index (Phi) is 5.75. The summed E-state index contributed by atoms with van der Waals surface area (Å²) in [6.07, 6.45) is 8.18. The first-order valence-electron chi connectivity index (χ1n) is 6.91. The molecule has 0 saturated heterocycles. The van der Waals surface area contributed by atoms with E-state index in [-0.39, 0.29) is 0 Å². The van der Waals surface area contributed by atoms with Crippen molar-refractivity contribution in [3.05, 3.63) is 29.8 Å². The third-order valence-electron chi connectivity index (χ3n) is 3.62. The van der Waals surface area contributed by atoms with Crippen molar-refractivity contribution < 1.29 is 5.11 Å². The van der Waals surface area contributed by atoms with E-state index < -0.39 is 10.0 Å². The zero-order valence-electron chi connectivity index (χ0n) is 12.8. The average Bonchev–Trinajstić information content (AvgIpc) is 2.31. The lowest BCUT2D eigenvalue weighted by Gasteiger charge is -2.31. The van der Waals surface area contributed by atoms with Crippen molar-refractivity contribution in [3.8, 4) is 5.75 Å². The fourth-order valence-electron chi connectivity index (χ4n) is 2.28. The summed E-state index contributed by atoms with van der Waals surface area (Å²) in [6, 6.07) is 7.58. The lowest BCUT2D eigenvalue weighted by atomic mass is 9.82. The van der Waals surface area contributed by atoms with Crippen molar-refractivity contribution in [2.75, 3.05) is 24.1 Å². The normalized spacial score (nSPS) is 13.5. The van der Waals surface area contributed by atoms with Crippen LogP contribution < -0.4 is 5.73 Å². The Morgan fingerprint density at radius 1 is 1.16 bits per heavy atom. The number of rotatable bonds is 7. The summed E-state index contributed by atoms with van der Waals surface area (Å²) < 4.78 is 0. The van der Waals surface area contributed by atoms with Crippen LogP contribution in [0.15, 0.2) is 24.3 Å². The standard InChI is InChI=1S/C16H29NOS/c1-16(2,10-5-11-19(3,4)13-17)12-14-6-8-15(18)9-7-14/h6-9,18H,5,10-13,17H2,1-4H3. The summed E-state index contributed by atoms with van der Waals surface area (Å²) in [7, 11) is -0.576. The molecule has 0 aliphatic heterocycles. The maximum atomic E-state index is 9.30. The molecule has 0 unspecified atom stereocenters. The largest absolute Gasteiger partial charge is 0.508 e. The molecule has 0 radical (unpaired) electrons. The second-order valence-corrected chi connectivity index (χ2v) is 11.0. The Morgan fingerprint density at radius 2 is 1.74 bits per heavy atom. The van der Waals surface area contributed by atoms with Crippen molar-refractivity contribution in [1.29, 1.82) is 0 Å². The van der Waals surface area contributed by atoms with E-state index in [0.717, 1.165) is 12.3 Å². The van der Waals surface area contributed by atoms with Crippen molar-refractivity contribution in [1.82, 2.24) is 0 Å². The molecule has 2 nitrogen and oxygen atoms in total. The average molecular weight is 283 g/mol. The molecule has 1 aromatic carbocycles. The van der Waals surface area contributed by atoms with E-state index in [2.05, 4.69) is 26.4 Å². The van der Waals surface area contributed by atoms with Gasteiger partial charge in [-0.15, -0.1) is 0 Å². The van der Waals surface area contributed by atoms with Gasteiger partial charge >= 0.3 is 0 Å². The van der Waals surface area contributed by atoms with Crippen molar-refractivity contribution in [3.63, 3.8) is 0 Å². The van der Waals surface area contributed by atoms with Crippen LogP contribution in [0.2, 0.25) is 0 Å². The van der Waals surface area contributed by atoms with E-state index in [1.165, 1.54) is 24.2 Å². The highest BCUT2D eigenvalue weighted by atomic mass is 32.3. The highest BCUT2D eigenvalue weighted by molar-refractivity contribution is 8.32. The van der Waals surface area contributed by atoms with Gasteiger partial charge < -0.3 is 10.8 Å². The van der Waals surface area contributed by atoms with E-state index >= 15 is 0 Å². The van der Waals surface area contributed by atoms with Crippen LogP contribution in [0, 0.1) is 5.41 Å². The first kappa shape index (κ1) is 16.4. The van der Waals surface area contributed by atoms with Crippen LogP contribution in [0.4, 0.5) is 0 Å². The summed E-state index contributed by atoms with van der Waals surface area (Å²) in [4.78, 5) is 0.